The van der Waals surface area contributed by atoms with E-state index in [1.54, 1.807) is 18.2 Å². The van der Waals surface area contributed by atoms with Gasteiger partial charge in [-0.3, -0.25) is 9.69 Å². The molecule has 1 heterocycles. The highest BCUT2D eigenvalue weighted by molar-refractivity contribution is 5.76. The summed E-state index contributed by atoms with van der Waals surface area (Å²) in [6, 6.07) is 13.4. The maximum Gasteiger partial charge on any atom is 0.325 e. The van der Waals surface area contributed by atoms with Gasteiger partial charge in [0.05, 0.1) is 0 Å². The number of hydrogen-bond donors (Lipinski definition) is 1. The zero-order chi connectivity index (χ0) is 14.8. The molecule has 3 nitrogen and oxygen atoms in total. The molecule has 0 fully saturated rings. The number of nitrogens with zero attached hydrogens (tertiary/aromatic N) is 1. The van der Waals surface area contributed by atoms with Crippen molar-refractivity contribution in [2.75, 3.05) is 6.54 Å². The molecule has 0 radical (unpaired) electrons. The lowest BCUT2D eigenvalue weighted by Gasteiger charge is -2.34. The van der Waals surface area contributed by atoms with Gasteiger partial charge in [-0.05, 0) is 23.6 Å². The minimum Gasteiger partial charge on any atom is -0.480 e. The van der Waals surface area contributed by atoms with Gasteiger partial charge in [0.2, 0.25) is 0 Å². The number of carboxylic acid groups (broad SMARTS) is 1. The van der Waals surface area contributed by atoms with Crippen LogP contribution in [0.1, 0.15) is 22.7 Å². The molecule has 108 valence electrons. The summed E-state index contributed by atoms with van der Waals surface area (Å²) in [6.45, 7) is 0.917. The maximum atomic E-state index is 13.8. The van der Waals surface area contributed by atoms with Gasteiger partial charge in [-0.25, -0.2) is 4.39 Å². The van der Waals surface area contributed by atoms with Crippen molar-refractivity contribution in [2.45, 2.75) is 19.0 Å². The summed E-state index contributed by atoms with van der Waals surface area (Å²) in [7, 11) is 0. The fourth-order valence-corrected chi connectivity index (χ4v) is 2.92. The first-order valence-corrected chi connectivity index (χ1v) is 6.95. The molecule has 1 aliphatic rings. The molecule has 1 N–H and O–H groups in total. The molecule has 4 heteroatoms. The lowest BCUT2D eigenvalue weighted by Crippen LogP contribution is -2.39. The number of fused-ring (bicyclic) bond motifs is 1. The smallest absolute Gasteiger partial charge is 0.325 e. The summed E-state index contributed by atoms with van der Waals surface area (Å²) in [5, 5.41) is 9.57. The highest BCUT2D eigenvalue weighted by Gasteiger charge is 2.32. The van der Waals surface area contributed by atoms with Crippen LogP contribution in [-0.4, -0.2) is 22.5 Å². The maximum absolute atomic E-state index is 13.8. The Morgan fingerprint density at radius 2 is 1.90 bits per heavy atom. The van der Waals surface area contributed by atoms with Crippen molar-refractivity contribution < 1.29 is 14.3 Å². The molecule has 1 atom stereocenters. The van der Waals surface area contributed by atoms with Crippen LogP contribution in [0.15, 0.2) is 48.5 Å². The number of aliphatic carboxylic acids is 1. The summed E-state index contributed by atoms with van der Waals surface area (Å²) in [5.41, 5.74) is 2.41. The van der Waals surface area contributed by atoms with E-state index < -0.39 is 12.0 Å². The first-order chi connectivity index (χ1) is 10.2. The molecule has 1 aliphatic heterocycles. The number of rotatable bonds is 3. The predicted molar refractivity (Wildman–Crippen MR) is 77.3 cm³/mol. The molecule has 0 saturated carbocycles. The van der Waals surface area contributed by atoms with Gasteiger partial charge in [-0.1, -0.05) is 42.5 Å². The normalized spacial score (nSPS) is 18.2. The number of hydrogen-bond acceptors (Lipinski definition) is 2. The Bertz CT molecular complexity index is 671. The van der Waals surface area contributed by atoms with Crippen LogP contribution in [0.3, 0.4) is 0 Å². The molecule has 2 aromatic rings. The number of carboxylic acids is 1. The first kappa shape index (κ1) is 13.8. The molecule has 21 heavy (non-hydrogen) atoms. The van der Waals surface area contributed by atoms with Crippen LogP contribution >= 0.6 is 0 Å². The van der Waals surface area contributed by atoms with Gasteiger partial charge in [0.25, 0.3) is 0 Å². The average molecular weight is 285 g/mol. The SMILES string of the molecule is O=C(O)C1c2ccccc2CCN1Cc1ccccc1F. The van der Waals surface area contributed by atoms with E-state index in [1.807, 2.05) is 29.2 Å². The highest BCUT2D eigenvalue weighted by atomic mass is 19.1. The van der Waals surface area contributed by atoms with Gasteiger partial charge >= 0.3 is 5.97 Å². The van der Waals surface area contributed by atoms with Crippen LogP contribution in [0.4, 0.5) is 4.39 Å². The Kier molecular flexibility index (Phi) is 3.71. The third-order valence-electron chi connectivity index (χ3n) is 3.95. The van der Waals surface area contributed by atoms with E-state index in [9.17, 15) is 14.3 Å². The molecule has 0 bridgehead atoms. The van der Waals surface area contributed by atoms with Gasteiger partial charge < -0.3 is 5.11 Å². The van der Waals surface area contributed by atoms with Crippen molar-refractivity contribution in [3.63, 3.8) is 0 Å². The minimum atomic E-state index is -0.890. The molecule has 1 unspecified atom stereocenters. The summed E-state index contributed by atoms with van der Waals surface area (Å²) in [4.78, 5) is 13.5. The van der Waals surface area contributed by atoms with Crippen molar-refractivity contribution in [3.05, 3.63) is 71.0 Å². The number of halogens is 1. The fourth-order valence-electron chi connectivity index (χ4n) is 2.92. The highest BCUT2D eigenvalue weighted by Crippen LogP contribution is 2.31. The van der Waals surface area contributed by atoms with Crippen molar-refractivity contribution >= 4 is 5.97 Å². The van der Waals surface area contributed by atoms with E-state index >= 15 is 0 Å². The van der Waals surface area contributed by atoms with Crippen molar-refractivity contribution in [2.24, 2.45) is 0 Å². The number of carbonyl (C=O) groups is 1. The lowest BCUT2D eigenvalue weighted by molar-refractivity contribution is -0.144. The summed E-state index contributed by atoms with van der Waals surface area (Å²) < 4.78 is 13.8. The van der Waals surface area contributed by atoms with Gasteiger partial charge in [0.15, 0.2) is 0 Å². The summed E-state index contributed by atoms with van der Waals surface area (Å²) >= 11 is 0. The molecule has 0 saturated heterocycles. The quantitative estimate of drug-likeness (QED) is 0.942. The monoisotopic (exact) mass is 285 g/mol. The van der Waals surface area contributed by atoms with E-state index in [1.165, 1.54) is 6.07 Å². The number of benzene rings is 2. The standard InChI is InChI=1S/C17H16FNO2/c18-15-8-4-2-6-13(15)11-19-10-9-12-5-1-3-7-14(12)16(19)17(20)21/h1-8,16H,9-11H2,(H,20,21). The van der Waals surface area contributed by atoms with Crippen LogP contribution in [0, 0.1) is 5.82 Å². The van der Waals surface area contributed by atoms with Gasteiger partial charge in [-0.15, -0.1) is 0 Å². The van der Waals surface area contributed by atoms with Crippen LogP contribution < -0.4 is 0 Å². The zero-order valence-corrected chi connectivity index (χ0v) is 11.5. The Labute approximate surface area is 122 Å². The first-order valence-electron chi connectivity index (χ1n) is 6.95. The summed E-state index contributed by atoms with van der Waals surface area (Å²) in [6.07, 6.45) is 0.786. The van der Waals surface area contributed by atoms with Crippen LogP contribution in [-0.2, 0) is 17.8 Å². The largest absolute Gasteiger partial charge is 0.480 e. The van der Waals surface area contributed by atoms with Crippen molar-refractivity contribution in [1.29, 1.82) is 0 Å². The molecule has 3 rings (SSSR count). The van der Waals surface area contributed by atoms with E-state index in [4.69, 9.17) is 0 Å². The second-order valence-electron chi connectivity index (χ2n) is 5.25. The fraction of sp³-hybridized carbons (Fsp3) is 0.235. The Hall–Kier alpha value is -2.20. The molecule has 0 aliphatic carbocycles. The topological polar surface area (TPSA) is 40.5 Å². The van der Waals surface area contributed by atoms with Crippen LogP contribution in [0.5, 0.6) is 0 Å². The lowest BCUT2D eigenvalue weighted by atomic mass is 9.92. The molecule has 2 aromatic carbocycles. The third-order valence-corrected chi connectivity index (χ3v) is 3.95. The molecular formula is C17H16FNO2. The minimum absolute atomic E-state index is 0.291. The van der Waals surface area contributed by atoms with Crippen molar-refractivity contribution in [1.82, 2.24) is 4.90 Å². The summed E-state index contributed by atoms with van der Waals surface area (Å²) in [5.74, 6) is -1.18. The van der Waals surface area contributed by atoms with E-state index in [2.05, 4.69) is 0 Å². The molecule has 0 spiro atoms. The molecule has 0 aromatic heterocycles. The zero-order valence-electron chi connectivity index (χ0n) is 11.5. The van der Waals surface area contributed by atoms with E-state index in [0.29, 0.717) is 18.7 Å². The van der Waals surface area contributed by atoms with Gasteiger partial charge in [-0.2, -0.15) is 0 Å². The molecular weight excluding hydrogens is 269 g/mol. The van der Waals surface area contributed by atoms with E-state index in [-0.39, 0.29) is 5.82 Å². The van der Waals surface area contributed by atoms with Crippen LogP contribution in [0.2, 0.25) is 0 Å². The van der Waals surface area contributed by atoms with Gasteiger partial charge in [0, 0.05) is 18.7 Å². The Morgan fingerprint density at radius 1 is 1.19 bits per heavy atom. The Morgan fingerprint density at radius 3 is 2.67 bits per heavy atom. The average Bonchev–Trinajstić information content (AvgIpc) is 2.49. The predicted octanol–water partition coefficient (Wildman–Crippen LogP) is 3.01. The molecule has 0 amide bonds. The Balaban J connectivity index is 1.93. The second kappa shape index (κ2) is 5.66. The van der Waals surface area contributed by atoms with Gasteiger partial charge in [0.1, 0.15) is 11.9 Å². The van der Waals surface area contributed by atoms with Crippen LogP contribution in [0.25, 0.3) is 0 Å². The van der Waals surface area contributed by atoms with E-state index in [0.717, 1.165) is 17.5 Å². The third kappa shape index (κ3) is 2.67. The second-order valence-corrected chi connectivity index (χ2v) is 5.25. The van der Waals surface area contributed by atoms with Crippen molar-refractivity contribution in [3.8, 4) is 0 Å².